The molecule has 0 aromatic heterocycles. The summed E-state index contributed by atoms with van der Waals surface area (Å²) in [5.41, 5.74) is 6.53. The SMILES string of the molecule is Cc1cc(C)c([C@H](C)NC(=O)c2cccc(OCc3ccccc3)c2)cc1C. The van der Waals surface area contributed by atoms with E-state index in [2.05, 4.69) is 38.2 Å². The number of hydrogen-bond donors (Lipinski definition) is 1. The van der Waals surface area contributed by atoms with Crippen molar-refractivity contribution in [1.29, 1.82) is 0 Å². The summed E-state index contributed by atoms with van der Waals surface area (Å²) in [6.45, 7) is 8.79. The molecule has 0 aliphatic heterocycles. The molecule has 3 rings (SSSR count). The molecule has 1 amide bonds. The Balaban J connectivity index is 1.68. The number of hydrogen-bond acceptors (Lipinski definition) is 2. The second-order valence-electron chi connectivity index (χ2n) is 7.29. The van der Waals surface area contributed by atoms with Crippen LogP contribution in [0.5, 0.6) is 5.75 Å². The van der Waals surface area contributed by atoms with Crippen molar-refractivity contribution in [2.45, 2.75) is 40.3 Å². The molecule has 0 saturated carbocycles. The van der Waals surface area contributed by atoms with Crippen LogP contribution in [0.25, 0.3) is 0 Å². The van der Waals surface area contributed by atoms with Gasteiger partial charge in [-0.2, -0.15) is 0 Å². The Morgan fingerprint density at radius 1 is 0.893 bits per heavy atom. The molecule has 3 heteroatoms. The van der Waals surface area contributed by atoms with Crippen LogP contribution >= 0.6 is 0 Å². The molecule has 3 nitrogen and oxygen atoms in total. The molecule has 1 atom stereocenters. The van der Waals surface area contributed by atoms with Crippen LogP contribution < -0.4 is 10.1 Å². The standard InChI is InChI=1S/C25H27NO2/c1-17-13-19(3)24(14-18(17)2)20(4)26-25(27)22-11-8-12-23(15-22)28-16-21-9-6-5-7-10-21/h5-15,20H,16H2,1-4H3,(H,26,27)/t20-/m0/s1. The third kappa shape index (κ3) is 4.80. The number of nitrogens with one attached hydrogen (secondary N) is 1. The lowest BCUT2D eigenvalue weighted by Crippen LogP contribution is -2.27. The van der Waals surface area contributed by atoms with Crippen molar-refractivity contribution in [2.24, 2.45) is 0 Å². The Labute approximate surface area is 167 Å². The van der Waals surface area contributed by atoms with Gasteiger partial charge in [0.25, 0.3) is 5.91 Å². The number of benzene rings is 3. The molecule has 0 aliphatic carbocycles. The minimum absolute atomic E-state index is 0.0688. The molecule has 28 heavy (non-hydrogen) atoms. The molecule has 0 saturated heterocycles. The Kier molecular flexibility index (Phi) is 6.15. The Morgan fingerprint density at radius 2 is 1.61 bits per heavy atom. The fourth-order valence-corrected chi connectivity index (χ4v) is 3.28. The quantitative estimate of drug-likeness (QED) is 0.603. The molecule has 0 aliphatic rings. The summed E-state index contributed by atoms with van der Waals surface area (Å²) in [5, 5.41) is 3.11. The molecule has 1 N–H and O–H groups in total. The molecule has 0 fully saturated rings. The Hall–Kier alpha value is -3.07. The van der Waals surface area contributed by atoms with Crippen LogP contribution in [0.1, 0.15) is 51.1 Å². The van der Waals surface area contributed by atoms with E-state index in [0.717, 1.165) is 11.1 Å². The van der Waals surface area contributed by atoms with Crippen molar-refractivity contribution >= 4 is 5.91 Å². The molecule has 0 radical (unpaired) electrons. The Bertz CT molecular complexity index is 964. The third-order valence-corrected chi connectivity index (χ3v) is 5.04. The normalized spacial score (nSPS) is 11.7. The maximum atomic E-state index is 12.8. The summed E-state index contributed by atoms with van der Waals surface area (Å²) in [6.07, 6.45) is 0. The first-order chi connectivity index (χ1) is 13.4. The van der Waals surface area contributed by atoms with Gasteiger partial charge in [0, 0.05) is 5.56 Å². The van der Waals surface area contributed by atoms with E-state index >= 15 is 0 Å². The highest BCUT2D eigenvalue weighted by molar-refractivity contribution is 5.94. The van der Waals surface area contributed by atoms with E-state index in [4.69, 9.17) is 4.74 Å². The van der Waals surface area contributed by atoms with E-state index in [9.17, 15) is 4.79 Å². The van der Waals surface area contributed by atoms with Gasteiger partial charge >= 0.3 is 0 Å². The molecule has 144 valence electrons. The number of aryl methyl sites for hydroxylation is 3. The topological polar surface area (TPSA) is 38.3 Å². The maximum Gasteiger partial charge on any atom is 0.251 e. The molecule has 0 unspecified atom stereocenters. The van der Waals surface area contributed by atoms with Gasteiger partial charge in [0.1, 0.15) is 12.4 Å². The fourth-order valence-electron chi connectivity index (χ4n) is 3.28. The van der Waals surface area contributed by atoms with Crippen LogP contribution in [0.2, 0.25) is 0 Å². The summed E-state index contributed by atoms with van der Waals surface area (Å²) < 4.78 is 5.84. The van der Waals surface area contributed by atoms with Crippen molar-refractivity contribution in [3.8, 4) is 5.75 Å². The average molecular weight is 373 g/mol. The van der Waals surface area contributed by atoms with Crippen LogP contribution in [0.4, 0.5) is 0 Å². The first kappa shape index (κ1) is 19.7. The van der Waals surface area contributed by atoms with Gasteiger partial charge in [-0.05, 0) is 73.7 Å². The fraction of sp³-hybridized carbons (Fsp3) is 0.240. The number of carbonyl (C=O) groups excluding carboxylic acids is 1. The number of carbonyl (C=O) groups is 1. The van der Waals surface area contributed by atoms with Crippen LogP contribution in [0.15, 0.2) is 66.7 Å². The van der Waals surface area contributed by atoms with Crippen molar-refractivity contribution in [3.05, 3.63) is 100 Å². The summed E-state index contributed by atoms with van der Waals surface area (Å²) in [7, 11) is 0. The van der Waals surface area contributed by atoms with E-state index in [1.54, 1.807) is 6.07 Å². The van der Waals surface area contributed by atoms with Crippen molar-refractivity contribution in [1.82, 2.24) is 5.32 Å². The number of rotatable bonds is 6. The molecular formula is C25H27NO2. The largest absolute Gasteiger partial charge is 0.489 e. The van der Waals surface area contributed by atoms with Crippen LogP contribution in [0, 0.1) is 20.8 Å². The van der Waals surface area contributed by atoms with E-state index in [0.29, 0.717) is 17.9 Å². The van der Waals surface area contributed by atoms with Gasteiger partial charge in [-0.1, -0.05) is 48.5 Å². The predicted molar refractivity (Wildman–Crippen MR) is 114 cm³/mol. The molecule has 3 aromatic carbocycles. The van der Waals surface area contributed by atoms with Crippen LogP contribution in [0.3, 0.4) is 0 Å². The smallest absolute Gasteiger partial charge is 0.251 e. The average Bonchev–Trinajstić information content (AvgIpc) is 2.70. The minimum Gasteiger partial charge on any atom is -0.489 e. The predicted octanol–water partition coefficient (Wildman–Crippen LogP) is 5.68. The summed E-state index contributed by atoms with van der Waals surface area (Å²) in [6, 6.07) is 21.6. The zero-order valence-corrected chi connectivity index (χ0v) is 17.0. The van der Waals surface area contributed by atoms with Gasteiger partial charge in [-0.25, -0.2) is 0 Å². The monoisotopic (exact) mass is 373 g/mol. The van der Waals surface area contributed by atoms with Crippen LogP contribution in [-0.2, 0) is 6.61 Å². The van der Waals surface area contributed by atoms with Gasteiger partial charge in [0.15, 0.2) is 0 Å². The molecular weight excluding hydrogens is 346 g/mol. The van der Waals surface area contributed by atoms with Gasteiger partial charge in [0.05, 0.1) is 6.04 Å². The van der Waals surface area contributed by atoms with Gasteiger partial charge in [0.2, 0.25) is 0 Å². The van der Waals surface area contributed by atoms with Crippen molar-refractivity contribution in [2.75, 3.05) is 0 Å². The lowest BCUT2D eigenvalue weighted by atomic mass is 9.96. The van der Waals surface area contributed by atoms with Crippen molar-refractivity contribution < 1.29 is 9.53 Å². The van der Waals surface area contributed by atoms with Gasteiger partial charge in [-0.15, -0.1) is 0 Å². The van der Waals surface area contributed by atoms with E-state index < -0.39 is 0 Å². The minimum atomic E-state index is -0.102. The zero-order chi connectivity index (χ0) is 20.1. The first-order valence-corrected chi connectivity index (χ1v) is 9.59. The van der Waals surface area contributed by atoms with E-state index in [1.165, 1.54) is 16.7 Å². The lowest BCUT2D eigenvalue weighted by molar-refractivity contribution is 0.0939. The van der Waals surface area contributed by atoms with Gasteiger partial charge < -0.3 is 10.1 Å². The molecule has 0 bridgehead atoms. The number of amides is 1. The highest BCUT2D eigenvalue weighted by Crippen LogP contribution is 2.22. The molecule has 3 aromatic rings. The molecule has 0 heterocycles. The third-order valence-electron chi connectivity index (χ3n) is 5.04. The van der Waals surface area contributed by atoms with E-state index in [-0.39, 0.29) is 11.9 Å². The maximum absolute atomic E-state index is 12.8. The first-order valence-electron chi connectivity index (χ1n) is 9.59. The highest BCUT2D eigenvalue weighted by atomic mass is 16.5. The Morgan fingerprint density at radius 3 is 2.36 bits per heavy atom. The zero-order valence-electron chi connectivity index (χ0n) is 17.0. The lowest BCUT2D eigenvalue weighted by Gasteiger charge is -2.18. The van der Waals surface area contributed by atoms with E-state index in [1.807, 2.05) is 55.5 Å². The van der Waals surface area contributed by atoms with Crippen LogP contribution in [-0.4, -0.2) is 5.91 Å². The second-order valence-corrected chi connectivity index (χ2v) is 7.29. The summed E-state index contributed by atoms with van der Waals surface area (Å²) in [4.78, 5) is 12.8. The van der Waals surface area contributed by atoms with Gasteiger partial charge in [-0.3, -0.25) is 4.79 Å². The van der Waals surface area contributed by atoms with Crippen molar-refractivity contribution in [3.63, 3.8) is 0 Å². The summed E-state index contributed by atoms with van der Waals surface area (Å²) >= 11 is 0. The second kappa shape index (κ2) is 8.75. The summed E-state index contributed by atoms with van der Waals surface area (Å²) in [5.74, 6) is 0.585. The molecule has 0 spiro atoms. The highest BCUT2D eigenvalue weighted by Gasteiger charge is 2.14. The number of ether oxygens (including phenoxy) is 1.